The Morgan fingerprint density at radius 1 is 0.966 bits per heavy atom. The number of nitrogens with zero attached hydrogens (tertiary/aromatic N) is 6. The molecule has 3 aromatic heterocycles. The maximum atomic E-state index is 12.6. The number of aryl methyl sites for hydroxylation is 1. The lowest BCUT2D eigenvalue weighted by Crippen LogP contribution is -2.21. The van der Waals surface area contributed by atoms with E-state index in [0.717, 1.165) is 6.26 Å². The van der Waals surface area contributed by atoms with E-state index in [0.29, 0.717) is 33.5 Å². The fraction of sp³-hybridized carbons (Fsp3) is 0.158. The molecule has 0 N–H and O–H groups in total. The summed E-state index contributed by atoms with van der Waals surface area (Å²) in [6.45, 7) is 0.131. The van der Waals surface area contributed by atoms with Crippen LogP contribution in [0.3, 0.4) is 0 Å². The number of imidazole rings is 1. The molecule has 0 saturated carbocycles. The molecular weight excluding hydrogens is 392 g/mol. The summed E-state index contributed by atoms with van der Waals surface area (Å²) in [4.78, 5) is 16.9. The average Bonchev–Trinajstić information content (AvgIpc) is 3.29. The van der Waals surface area contributed by atoms with Crippen LogP contribution in [0.5, 0.6) is 0 Å². The van der Waals surface area contributed by atoms with Crippen LogP contribution in [0.1, 0.15) is 5.82 Å². The second kappa shape index (κ2) is 5.98. The predicted molar refractivity (Wildman–Crippen MR) is 108 cm³/mol. The minimum atomic E-state index is -3.57. The van der Waals surface area contributed by atoms with Gasteiger partial charge < -0.3 is 4.57 Å². The molecule has 0 spiro atoms. The molecule has 0 amide bonds. The monoisotopic (exact) mass is 408 g/mol. The summed E-state index contributed by atoms with van der Waals surface area (Å²) in [5.41, 5.74) is 1.76. The van der Waals surface area contributed by atoms with Gasteiger partial charge in [-0.15, -0.1) is 10.2 Å². The topological polar surface area (TPSA) is 104 Å². The maximum Gasteiger partial charge on any atom is 0.262 e. The highest BCUT2D eigenvalue weighted by atomic mass is 32.2. The van der Waals surface area contributed by atoms with Gasteiger partial charge in [-0.05, 0) is 24.3 Å². The summed E-state index contributed by atoms with van der Waals surface area (Å²) in [6.07, 6.45) is 1.13. The number of hydrogen-bond donors (Lipinski definition) is 0. The normalized spacial score (nSPS) is 12.3. The van der Waals surface area contributed by atoms with Gasteiger partial charge in [0.1, 0.15) is 0 Å². The SMILES string of the molecule is Cn1c(=O)c2ccccc2n2c(Cn3c(S(C)(=O)=O)nc4ccccc43)nnc12. The van der Waals surface area contributed by atoms with E-state index in [4.69, 9.17) is 0 Å². The number of fused-ring (bicyclic) bond motifs is 4. The van der Waals surface area contributed by atoms with Crippen LogP contribution in [0.15, 0.2) is 58.5 Å². The van der Waals surface area contributed by atoms with Crippen LogP contribution in [-0.4, -0.2) is 43.4 Å². The number of sulfone groups is 1. The molecule has 0 fully saturated rings. The van der Waals surface area contributed by atoms with Crippen LogP contribution < -0.4 is 5.56 Å². The van der Waals surface area contributed by atoms with Gasteiger partial charge in [0.25, 0.3) is 5.56 Å². The summed E-state index contributed by atoms with van der Waals surface area (Å²) in [5, 5.41) is 8.93. The highest BCUT2D eigenvalue weighted by Gasteiger charge is 2.22. The maximum absolute atomic E-state index is 12.6. The van der Waals surface area contributed by atoms with Gasteiger partial charge in [-0.3, -0.25) is 13.8 Å². The standard InChI is InChI=1S/C19H16N6O3S/c1-23-17(26)12-7-3-5-9-14(12)25-16(21-22-18(23)25)11-24-15-10-6-4-8-13(15)20-19(24)29(2,27)28/h3-10H,11H2,1-2H3. The van der Waals surface area contributed by atoms with Gasteiger partial charge in [-0.1, -0.05) is 24.3 Å². The lowest BCUT2D eigenvalue weighted by molar-refractivity contribution is 0.578. The predicted octanol–water partition coefficient (Wildman–Crippen LogP) is 1.38. The summed E-state index contributed by atoms with van der Waals surface area (Å²) >= 11 is 0. The molecule has 2 aromatic carbocycles. The molecule has 0 aliphatic carbocycles. The van der Waals surface area contributed by atoms with E-state index in [1.165, 1.54) is 4.57 Å². The van der Waals surface area contributed by atoms with Crippen molar-refractivity contribution in [2.75, 3.05) is 6.26 Å². The first-order valence-electron chi connectivity index (χ1n) is 8.83. The molecule has 5 rings (SSSR count). The summed E-state index contributed by atoms with van der Waals surface area (Å²) in [7, 11) is -1.93. The Kier molecular flexibility index (Phi) is 3.62. The van der Waals surface area contributed by atoms with E-state index in [1.807, 2.05) is 30.3 Å². The van der Waals surface area contributed by atoms with E-state index >= 15 is 0 Å². The van der Waals surface area contributed by atoms with Crippen molar-refractivity contribution in [2.45, 2.75) is 11.7 Å². The van der Waals surface area contributed by atoms with Crippen molar-refractivity contribution in [3.05, 3.63) is 64.7 Å². The first-order valence-corrected chi connectivity index (χ1v) is 10.7. The minimum absolute atomic E-state index is 0.0374. The summed E-state index contributed by atoms with van der Waals surface area (Å²) in [6, 6.07) is 14.4. The molecule has 3 heterocycles. The molecule has 9 nitrogen and oxygen atoms in total. The van der Waals surface area contributed by atoms with Crippen LogP contribution in [0.2, 0.25) is 0 Å². The van der Waals surface area contributed by atoms with Crippen molar-refractivity contribution in [1.82, 2.24) is 28.7 Å². The van der Waals surface area contributed by atoms with Crippen LogP contribution in [0.4, 0.5) is 0 Å². The third-order valence-electron chi connectivity index (χ3n) is 4.94. The Hall–Kier alpha value is -3.53. The molecule has 0 bridgehead atoms. The zero-order valence-corrected chi connectivity index (χ0v) is 16.5. The van der Waals surface area contributed by atoms with Crippen molar-refractivity contribution < 1.29 is 8.42 Å². The highest BCUT2D eigenvalue weighted by molar-refractivity contribution is 7.90. The Labute approximate surface area is 164 Å². The molecule has 146 valence electrons. The summed E-state index contributed by atoms with van der Waals surface area (Å²) in [5.74, 6) is 0.883. The lowest BCUT2D eigenvalue weighted by Gasteiger charge is -2.10. The summed E-state index contributed by atoms with van der Waals surface area (Å²) < 4.78 is 29.5. The number of hydrogen-bond acceptors (Lipinski definition) is 6. The third-order valence-corrected chi connectivity index (χ3v) is 5.92. The van der Waals surface area contributed by atoms with Crippen LogP contribution >= 0.6 is 0 Å². The average molecular weight is 408 g/mol. The largest absolute Gasteiger partial charge is 0.307 e. The quantitative estimate of drug-likeness (QED) is 0.447. The minimum Gasteiger partial charge on any atom is -0.307 e. The van der Waals surface area contributed by atoms with E-state index in [9.17, 15) is 13.2 Å². The smallest absolute Gasteiger partial charge is 0.262 e. The Bertz CT molecular complexity index is 1590. The Morgan fingerprint density at radius 2 is 1.66 bits per heavy atom. The molecule has 0 aliphatic rings. The molecule has 5 aromatic rings. The van der Waals surface area contributed by atoms with Crippen LogP contribution in [0.25, 0.3) is 27.7 Å². The van der Waals surface area contributed by atoms with Crippen molar-refractivity contribution >= 4 is 37.6 Å². The highest BCUT2D eigenvalue weighted by Crippen LogP contribution is 2.22. The molecule has 10 heteroatoms. The molecule has 0 saturated heterocycles. The second-order valence-corrected chi connectivity index (χ2v) is 8.78. The van der Waals surface area contributed by atoms with Crippen LogP contribution in [0, 0.1) is 0 Å². The Balaban J connectivity index is 1.83. The zero-order valence-electron chi connectivity index (χ0n) is 15.6. The van der Waals surface area contributed by atoms with E-state index < -0.39 is 9.84 Å². The van der Waals surface area contributed by atoms with Gasteiger partial charge >= 0.3 is 0 Å². The van der Waals surface area contributed by atoms with E-state index in [-0.39, 0.29) is 17.3 Å². The van der Waals surface area contributed by atoms with Crippen molar-refractivity contribution in [2.24, 2.45) is 7.05 Å². The van der Waals surface area contributed by atoms with E-state index in [1.54, 1.807) is 34.2 Å². The van der Waals surface area contributed by atoms with Crippen molar-refractivity contribution in [3.8, 4) is 0 Å². The molecule has 0 unspecified atom stereocenters. The Morgan fingerprint density at radius 3 is 2.41 bits per heavy atom. The van der Waals surface area contributed by atoms with Crippen LogP contribution in [-0.2, 0) is 23.4 Å². The fourth-order valence-electron chi connectivity index (χ4n) is 3.63. The van der Waals surface area contributed by atoms with Gasteiger partial charge in [0.15, 0.2) is 5.82 Å². The van der Waals surface area contributed by atoms with Gasteiger partial charge in [-0.25, -0.2) is 13.4 Å². The second-order valence-electron chi connectivity index (χ2n) is 6.87. The van der Waals surface area contributed by atoms with Gasteiger partial charge in [0.05, 0.1) is 28.5 Å². The van der Waals surface area contributed by atoms with Gasteiger partial charge in [0, 0.05) is 13.3 Å². The number of benzene rings is 2. The number of aromatic nitrogens is 6. The molecule has 0 atom stereocenters. The van der Waals surface area contributed by atoms with Crippen molar-refractivity contribution in [3.63, 3.8) is 0 Å². The fourth-order valence-corrected chi connectivity index (χ4v) is 4.45. The molecule has 0 aliphatic heterocycles. The lowest BCUT2D eigenvalue weighted by atomic mass is 10.2. The number of rotatable bonds is 3. The van der Waals surface area contributed by atoms with Gasteiger partial charge in [0.2, 0.25) is 20.8 Å². The van der Waals surface area contributed by atoms with Gasteiger partial charge in [-0.2, -0.15) is 0 Å². The first-order chi connectivity index (χ1) is 13.9. The number of para-hydroxylation sites is 3. The first kappa shape index (κ1) is 17.6. The molecule has 29 heavy (non-hydrogen) atoms. The molecule has 0 radical (unpaired) electrons. The van der Waals surface area contributed by atoms with Crippen molar-refractivity contribution in [1.29, 1.82) is 0 Å². The van der Waals surface area contributed by atoms with E-state index in [2.05, 4.69) is 15.2 Å². The zero-order chi connectivity index (χ0) is 20.3. The third kappa shape index (κ3) is 2.56. The molecular formula is C19H16N6O3S.